The summed E-state index contributed by atoms with van der Waals surface area (Å²) in [6.07, 6.45) is -3.17. The maximum absolute atomic E-state index is 14.0. The van der Waals surface area contributed by atoms with Crippen LogP contribution in [0.3, 0.4) is 0 Å². The summed E-state index contributed by atoms with van der Waals surface area (Å²) in [6.45, 7) is 4.50. The number of benzene rings is 3. The molecule has 2 aliphatic rings. The smallest absolute Gasteiger partial charge is 0.419 e. The fourth-order valence-corrected chi connectivity index (χ4v) is 5.79. The van der Waals surface area contributed by atoms with Crippen LogP contribution in [-0.2, 0) is 43.6 Å². The Morgan fingerprint density at radius 3 is 2.67 bits per heavy atom. The number of ether oxygens (including phenoxy) is 2. The highest BCUT2D eigenvalue weighted by Crippen LogP contribution is 2.40. The van der Waals surface area contributed by atoms with E-state index in [9.17, 15) is 23.1 Å². The van der Waals surface area contributed by atoms with Gasteiger partial charge in [0, 0.05) is 24.7 Å². The number of rotatable bonds is 8. The van der Waals surface area contributed by atoms with Gasteiger partial charge >= 0.3 is 12.1 Å². The van der Waals surface area contributed by atoms with Crippen molar-refractivity contribution in [1.29, 1.82) is 0 Å². The standard InChI is InChI=1S/C31H29ClF3N3O4/c1-18-10-23(32)4-2-21(18)17-42-28-13-22-14-37(8-6-19(22)11-25(28)31(33,34)35)16-29-36-26-5-3-20(30(39)40)12-27(26)38(29)15-24-7-9-41-24/h2-5,10-13,24H,6-9,14-17H2,1H3,(H,39,40)/t24-/m0/s1. The van der Waals surface area contributed by atoms with Gasteiger partial charge in [-0.2, -0.15) is 13.2 Å². The number of halogens is 4. The number of aromatic nitrogens is 2. The number of carboxylic acid groups (broad SMARTS) is 1. The van der Waals surface area contributed by atoms with Gasteiger partial charge in [0.25, 0.3) is 0 Å². The molecule has 2 aliphatic heterocycles. The molecular formula is C31H29ClF3N3O4. The number of carbonyl (C=O) groups is 1. The van der Waals surface area contributed by atoms with Gasteiger partial charge in [-0.05, 0) is 84.5 Å². The van der Waals surface area contributed by atoms with E-state index < -0.39 is 17.7 Å². The van der Waals surface area contributed by atoms with E-state index in [1.165, 1.54) is 18.2 Å². The largest absolute Gasteiger partial charge is 0.488 e. The lowest BCUT2D eigenvalue weighted by Crippen LogP contribution is -2.34. The normalized spacial score (nSPS) is 17.2. The molecule has 1 atom stereocenters. The number of imidazole rings is 1. The van der Waals surface area contributed by atoms with E-state index in [-0.39, 0.29) is 24.0 Å². The molecule has 0 saturated carbocycles. The molecule has 0 unspecified atom stereocenters. The van der Waals surface area contributed by atoms with Gasteiger partial charge in [0.15, 0.2) is 0 Å². The maximum Gasteiger partial charge on any atom is 0.419 e. The van der Waals surface area contributed by atoms with Crippen molar-refractivity contribution in [2.24, 2.45) is 0 Å². The highest BCUT2D eigenvalue weighted by Gasteiger charge is 2.36. The van der Waals surface area contributed by atoms with Crippen LogP contribution < -0.4 is 4.74 Å². The predicted octanol–water partition coefficient (Wildman–Crippen LogP) is 6.64. The van der Waals surface area contributed by atoms with Gasteiger partial charge in [-0.1, -0.05) is 17.7 Å². The lowest BCUT2D eigenvalue weighted by molar-refractivity contribution is -0.139. The zero-order valence-electron chi connectivity index (χ0n) is 22.9. The lowest BCUT2D eigenvalue weighted by atomic mass is 9.96. The zero-order valence-corrected chi connectivity index (χ0v) is 23.6. The van der Waals surface area contributed by atoms with E-state index in [0.717, 1.165) is 34.5 Å². The monoisotopic (exact) mass is 599 g/mol. The molecule has 1 N–H and O–H groups in total. The van der Waals surface area contributed by atoms with Crippen molar-refractivity contribution in [3.8, 4) is 5.75 Å². The van der Waals surface area contributed by atoms with Crippen LogP contribution in [0.2, 0.25) is 5.02 Å². The zero-order chi connectivity index (χ0) is 29.6. The van der Waals surface area contributed by atoms with Crippen molar-refractivity contribution < 1.29 is 32.5 Å². The van der Waals surface area contributed by atoms with Gasteiger partial charge in [0.1, 0.15) is 18.2 Å². The van der Waals surface area contributed by atoms with Crippen LogP contribution in [-0.4, -0.2) is 44.8 Å². The number of alkyl halides is 3. The number of aromatic carboxylic acids is 1. The third-order valence-electron chi connectivity index (χ3n) is 8.01. The molecule has 1 aromatic heterocycles. The first-order chi connectivity index (χ1) is 20.0. The van der Waals surface area contributed by atoms with Crippen LogP contribution in [0.1, 0.15) is 50.4 Å². The molecule has 3 aromatic carbocycles. The SMILES string of the molecule is Cc1cc(Cl)ccc1COc1cc2c(cc1C(F)(F)F)CCN(Cc1nc3ccc(C(=O)O)cc3n1C[C@@H]1CCO1)C2. The molecule has 4 aromatic rings. The van der Waals surface area contributed by atoms with Crippen LogP contribution in [0.4, 0.5) is 13.2 Å². The molecular weight excluding hydrogens is 571 g/mol. The maximum atomic E-state index is 14.0. The molecule has 0 radical (unpaired) electrons. The molecule has 11 heteroatoms. The Morgan fingerprint density at radius 2 is 1.98 bits per heavy atom. The predicted molar refractivity (Wildman–Crippen MR) is 151 cm³/mol. The number of aryl methyl sites for hydroxylation is 1. The highest BCUT2D eigenvalue weighted by atomic mass is 35.5. The van der Waals surface area contributed by atoms with E-state index in [2.05, 4.69) is 4.90 Å². The average molecular weight is 600 g/mol. The molecule has 6 rings (SSSR count). The molecule has 220 valence electrons. The Balaban J connectivity index is 1.27. The highest BCUT2D eigenvalue weighted by molar-refractivity contribution is 6.30. The van der Waals surface area contributed by atoms with Crippen molar-refractivity contribution in [2.45, 2.75) is 58.3 Å². The molecule has 42 heavy (non-hydrogen) atoms. The van der Waals surface area contributed by atoms with Crippen molar-refractivity contribution in [3.63, 3.8) is 0 Å². The molecule has 1 saturated heterocycles. The Hall–Kier alpha value is -3.60. The van der Waals surface area contributed by atoms with E-state index in [1.807, 2.05) is 11.5 Å². The van der Waals surface area contributed by atoms with Gasteiger partial charge < -0.3 is 19.1 Å². The summed E-state index contributed by atoms with van der Waals surface area (Å²) in [5.74, 6) is -0.456. The number of fused-ring (bicyclic) bond motifs is 2. The minimum Gasteiger partial charge on any atom is -0.488 e. The first-order valence-corrected chi connectivity index (χ1v) is 14.1. The summed E-state index contributed by atoms with van der Waals surface area (Å²) in [4.78, 5) is 18.6. The quantitative estimate of drug-likeness (QED) is 0.245. The molecule has 7 nitrogen and oxygen atoms in total. The minimum atomic E-state index is -4.56. The Bertz CT molecular complexity index is 1670. The fraction of sp³-hybridized carbons (Fsp3) is 0.355. The lowest BCUT2D eigenvalue weighted by Gasteiger charge is -2.31. The Labute approximate surface area is 245 Å². The van der Waals surface area contributed by atoms with Gasteiger partial charge in [0.2, 0.25) is 0 Å². The van der Waals surface area contributed by atoms with Crippen molar-refractivity contribution in [1.82, 2.24) is 14.5 Å². The van der Waals surface area contributed by atoms with Gasteiger partial charge in [0.05, 0.1) is 41.4 Å². The third-order valence-corrected chi connectivity index (χ3v) is 8.24. The van der Waals surface area contributed by atoms with E-state index in [4.69, 9.17) is 26.1 Å². The molecule has 1 fully saturated rings. The van der Waals surface area contributed by atoms with Gasteiger partial charge in [-0.25, -0.2) is 9.78 Å². The number of hydrogen-bond donors (Lipinski definition) is 1. The van der Waals surface area contributed by atoms with Crippen LogP contribution in [0.5, 0.6) is 5.75 Å². The molecule has 0 spiro atoms. The van der Waals surface area contributed by atoms with Gasteiger partial charge in [-0.15, -0.1) is 0 Å². The summed E-state index contributed by atoms with van der Waals surface area (Å²) >= 11 is 6.03. The Morgan fingerprint density at radius 1 is 1.17 bits per heavy atom. The van der Waals surface area contributed by atoms with Crippen molar-refractivity contribution >= 4 is 28.6 Å². The number of carboxylic acids is 1. The minimum absolute atomic E-state index is 0.0137. The first kappa shape index (κ1) is 28.5. The molecule has 0 aliphatic carbocycles. The van der Waals surface area contributed by atoms with Gasteiger partial charge in [-0.3, -0.25) is 4.90 Å². The van der Waals surface area contributed by atoms with Crippen LogP contribution >= 0.6 is 11.6 Å². The number of hydrogen-bond acceptors (Lipinski definition) is 5. The van der Waals surface area contributed by atoms with Crippen molar-refractivity contribution in [2.75, 3.05) is 13.2 Å². The van der Waals surface area contributed by atoms with E-state index in [0.29, 0.717) is 55.3 Å². The second-order valence-corrected chi connectivity index (χ2v) is 11.3. The van der Waals surface area contributed by atoms with Crippen LogP contribution in [0.15, 0.2) is 48.5 Å². The van der Waals surface area contributed by atoms with Crippen LogP contribution in [0, 0.1) is 6.92 Å². The second kappa shape index (κ2) is 11.2. The topological polar surface area (TPSA) is 76.8 Å². The van der Waals surface area contributed by atoms with E-state index >= 15 is 0 Å². The second-order valence-electron chi connectivity index (χ2n) is 10.9. The fourth-order valence-electron chi connectivity index (χ4n) is 5.56. The summed E-state index contributed by atoms with van der Waals surface area (Å²) in [5.41, 5.74) is 3.83. The molecule has 0 bridgehead atoms. The summed E-state index contributed by atoms with van der Waals surface area (Å²) in [5, 5.41) is 10.1. The van der Waals surface area contributed by atoms with Crippen LogP contribution in [0.25, 0.3) is 11.0 Å². The Kier molecular flexibility index (Phi) is 7.63. The number of nitrogens with zero attached hydrogens (tertiary/aromatic N) is 3. The summed E-state index contributed by atoms with van der Waals surface area (Å²) in [6, 6.07) is 12.8. The summed E-state index contributed by atoms with van der Waals surface area (Å²) in [7, 11) is 0. The van der Waals surface area contributed by atoms with E-state index in [1.54, 1.807) is 30.3 Å². The average Bonchev–Trinajstić information content (AvgIpc) is 3.24. The first-order valence-electron chi connectivity index (χ1n) is 13.7. The van der Waals surface area contributed by atoms with Crippen molar-refractivity contribution in [3.05, 3.63) is 92.8 Å². The third kappa shape index (κ3) is 5.84. The molecule has 3 heterocycles. The summed E-state index contributed by atoms with van der Waals surface area (Å²) < 4.78 is 55.6. The molecule has 0 amide bonds.